The van der Waals surface area contributed by atoms with Crippen LogP contribution in [0.15, 0.2) is 35.5 Å². The number of rotatable bonds is 5. The Morgan fingerprint density at radius 2 is 2.29 bits per heavy atom. The number of aryl methyl sites for hydroxylation is 1. The number of benzene rings is 1. The fraction of sp³-hybridized carbons (Fsp3) is 0.286. The van der Waals surface area contributed by atoms with E-state index in [4.69, 9.17) is 22.1 Å². The normalized spacial score (nSPS) is 11.5. The van der Waals surface area contributed by atoms with Crippen LogP contribution in [0, 0.1) is 0 Å². The minimum absolute atomic E-state index is 0.308. The number of aromatic nitrogens is 2. The van der Waals surface area contributed by atoms with Crippen molar-refractivity contribution < 1.29 is 4.74 Å². The monoisotopic (exact) mass is 307 g/mol. The quantitative estimate of drug-likeness (QED) is 0.657. The van der Waals surface area contributed by atoms with Crippen LogP contribution in [0.1, 0.15) is 12.6 Å². The lowest BCUT2D eigenvalue weighted by atomic mass is 10.3. The maximum absolute atomic E-state index is 6.05. The van der Waals surface area contributed by atoms with E-state index in [-0.39, 0.29) is 0 Å². The zero-order chi connectivity index (χ0) is 15.2. The maximum Gasteiger partial charge on any atom is 0.193 e. The number of anilines is 1. The Morgan fingerprint density at radius 3 is 2.90 bits per heavy atom. The molecule has 0 atom stereocenters. The lowest BCUT2D eigenvalue weighted by molar-refractivity contribution is 0.415. The van der Waals surface area contributed by atoms with E-state index in [1.54, 1.807) is 19.2 Å². The number of nitrogens with two attached hydrogens (primary N) is 1. The van der Waals surface area contributed by atoms with E-state index in [9.17, 15) is 0 Å². The van der Waals surface area contributed by atoms with E-state index in [1.807, 2.05) is 29.9 Å². The Labute approximate surface area is 128 Å². The van der Waals surface area contributed by atoms with Crippen LogP contribution in [-0.4, -0.2) is 22.8 Å². The van der Waals surface area contributed by atoms with Crippen LogP contribution in [0.3, 0.4) is 0 Å². The third kappa shape index (κ3) is 4.13. The van der Waals surface area contributed by atoms with Crippen LogP contribution in [0.25, 0.3) is 0 Å². The third-order valence-corrected chi connectivity index (χ3v) is 3.15. The molecule has 0 unspecified atom stereocenters. The molecule has 6 nitrogen and oxygen atoms in total. The van der Waals surface area contributed by atoms with Crippen LogP contribution in [-0.2, 0) is 13.1 Å². The molecular weight excluding hydrogens is 290 g/mol. The first kappa shape index (κ1) is 15.2. The molecule has 3 N–H and O–H groups in total. The van der Waals surface area contributed by atoms with E-state index in [2.05, 4.69) is 15.4 Å². The van der Waals surface area contributed by atoms with Gasteiger partial charge in [0.1, 0.15) is 5.75 Å². The average molecular weight is 308 g/mol. The van der Waals surface area contributed by atoms with Crippen molar-refractivity contribution in [3.63, 3.8) is 0 Å². The highest BCUT2D eigenvalue weighted by Crippen LogP contribution is 2.26. The number of methoxy groups -OCH3 is 1. The average Bonchev–Trinajstić information content (AvgIpc) is 2.93. The molecule has 1 heterocycles. The minimum atomic E-state index is 0.308. The Hall–Kier alpha value is -2.21. The number of guanidine groups is 1. The zero-order valence-corrected chi connectivity index (χ0v) is 12.8. The zero-order valence-electron chi connectivity index (χ0n) is 12.0. The number of nitrogens with zero attached hydrogens (tertiary/aromatic N) is 3. The number of nitrogens with one attached hydrogen (secondary N) is 1. The number of halogens is 1. The van der Waals surface area contributed by atoms with Crippen molar-refractivity contribution >= 4 is 23.2 Å². The van der Waals surface area contributed by atoms with E-state index in [1.165, 1.54) is 0 Å². The van der Waals surface area contributed by atoms with Crippen molar-refractivity contribution in [2.24, 2.45) is 10.7 Å². The molecule has 112 valence electrons. The molecule has 2 rings (SSSR count). The van der Waals surface area contributed by atoms with Gasteiger partial charge in [0.15, 0.2) is 5.96 Å². The summed E-state index contributed by atoms with van der Waals surface area (Å²) in [6.07, 6.45) is 1.91. The Morgan fingerprint density at radius 1 is 1.48 bits per heavy atom. The van der Waals surface area contributed by atoms with Gasteiger partial charge < -0.3 is 15.8 Å². The minimum Gasteiger partial charge on any atom is -0.495 e. The van der Waals surface area contributed by atoms with Crippen LogP contribution >= 0.6 is 11.6 Å². The van der Waals surface area contributed by atoms with E-state index >= 15 is 0 Å². The van der Waals surface area contributed by atoms with Crippen molar-refractivity contribution in [1.82, 2.24) is 9.78 Å². The molecule has 0 bridgehead atoms. The highest BCUT2D eigenvalue weighted by Gasteiger charge is 2.03. The molecule has 0 spiro atoms. The molecule has 1 aromatic carbocycles. The number of ether oxygens (including phenoxy) is 1. The largest absolute Gasteiger partial charge is 0.495 e. The predicted molar refractivity (Wildman–Crippen MR) is 84.9 cm³/mol. The number of aliphatic imine (C=N–C) groups is 1. The van der Waals surface area contributed by atoms with Gasteiger partial charge in [0.2, 0.25) is 0 Å². The SMILES string of the molecule is CCn1ccc(CN=C(N)Nc2ccc(OC)c(Cl)c2)n1. The summed E-state index contributed by atoms with van der Waals surface area (Å²) in [7, 11) is 1.57. The summed E-state index contributed by atoms with van der Waals surface area (Å²) in [6.45, 7) is 3.29. The van der Waals surface area contributed by atoms with E-state index in [0.717, 1.165) is 17.9 Å². The van der Waals surface area contributed by atoms with Gasteiger partial charge in [-0.2, -0.15) is 5.10 Å². The Kier molecular flexibility index (Phi) is 5.05. The van der Waals surface area contributed by atoms with Gasteiger partial charge in [0, 0.05) is 18.4 Å². The topological polar surface area (TPSA) is 77.5 Å². The lowest BCUT2D eigenvalue weighted by Gasteiger charge is -2.08. The molecule has 0 saturated carbocycles. The van der Waals surface area contributed by atoms with Gasteiger partial charge >= 0.3 is 0 Å². The second kappa shape index (κ2) is 6.99. The van der Waals surface area contributed by atoms with Crippen molar-refractivity contribution in [3.8, 4) is 5.75 Å². The Balaban J connectivity index is 1.98. The first-order valence-corrected chi connectivity index (χ1v) is 6.93. The van der Waals surface area contributed by atoms with E-state index < -0.39 is 0 Å². The number of hydrogen-bond donors (Lipinski definition) is 2. The first-order chi connectivity index (χ1) is 10.1. The summed E-state index contributed by atoms with van der Waals surface area (Å²) in [5, 5.41) is 7.82. The molecule has 0 aliphatic heterocycles. The molecule has 2 aromatic rings. The molecule has 0 amide bonds. The molecule has 0 aliphatic rings. The van der Waals surface area contributed by atoms with Crippen molar-refractivity contribution in [3.05, 3.63) is 41.2 Å². The lowest BCUT2D eigenvalue weighted by Crippen LogP contribution is -2.22. The summed E-state index contributed by atoms with van der Waals surface area (Å²) in [6, 6.07) is 7.23. The van der Waals surface area contributed by atoms with Crippen LogP contribution in [0.5, 0.6) is 5.75 Å². The fourth-order valence-electron chi connectivity index (χ4n) is 1.76. The summed E-state index contributed by atoms with van der Waals surface area (Å²) in [4.78, 5) is 4.24. The van der Waals surface area contributed by atoms with Gasteiger partial charge in [0.05, 0.1) is 24.4 Å². The second-order valence-electron chi connectivity index (χ2n) is 4.34. The summed E-state index contributed by atoms with van der Waals surface area (Å²) >= 11 is 6.05. The maximum atomic E-state index is 6.05. The number of hydrogen-bond acceptors (Lipinski definition) is 3. The highest BCUT2D eigenvalue weighted by molar-refractivity contribution is 6.32. The van der Waals surface area contributed by atoms with Gasteiger partial charge in [-0.1, -0.05) is 11.6 Å². The molecule has 21 heavy (non-hydrogen) atoms. The van der Waals surface area contributed by atoms with Gasteiger partial charge in [-0.05, 0) is 31.2 Å². The Bertz CT molecular complexity index is 638. The van der Waals surface area contributed by atoms with E-state index in [0.29, 0.717) is 23.3 Å². The summed E-state index contributed by atoms with van der Waals surface area (Å²) < 4.78 is 6.94. The standard InChI is InChI=1S/C14H18ClN5O/c1-3-20-7-6-11(19-20)9-17-14(16)18-10-4-5-13(21-2)12(15)8-10/h4-8H,3,9H2,1-2H3,(H3,16,17,18). The third-order valence-electron chi connectivity index (χ3n) is 2.86. The van der Waals surface area contributed by atoms with Gasteiger partial charge in [-0.25, -0.2) is 4.99 Å². The molecule has 7 heteroatoms. The fourth-order valence-corrected chi connectivity index (χ4v) is 2.02. The first-order valence-electron chi connectivity index (χ1n) is 6.55. The van der Waals surface area contributed by atoms with Crippen molar-refractivity contribution in [1.29, 1.82) is 0 Å². The van der Waals surface area contributed by atoms with Crippen molar-refractivity contribution in [2.45, 2.75) is 20.0 Å². The molecule has 1 aromatic heterocycles. The molecule has 0 fully saturated rings. The molecule has 0 aliphatic carbocycles. The highest BCUT2D eigenvalue weighted by atomic mass is 35.5. The molecular formula is C14H18ClN5O. The van der Waals surface area contributed by atoms with Crippen molar-refractivity contribution in [2.75, 3.05) is 12.4 Å². The van der Waals surface area contributed by atoms with Gasteiger partial charge in [-0.15, -0.1) is 0 Å². The molecule has 0 radical (unpaired) electrons. The predicted octanol–water partition coefficient (Wildman–Crippen LogP) is 2.49. The molecule has 0 saturated heterocycles. The van der Waals surface area contributed by atoms with Gasteiger partial charge in [-0.3, -0.25) is 4.68 Å². The van der Waals surface area contributed by atoms with Crippen LogP contribution in [0.2, 0.25) is 5.02 Å². The summed E-state index contributed by atoms with van der Waals surface area (Å²) in [5.41, 5.74) is 7.46. The van der Waals surface area contributed by atoms with Crippen LogP contribution in [0.4, 0.5) is 5.69 Å². The second-order valence-corrected chi connectivity index (χ2v) is 4.75. The summed E-state index contributed by atoms with van der Waals surface area (Å²) in [5.74, 6) is 0.921. The van der Waals surface area contributed by atoms with Gasteiger partial charge in [0.25, 0.3) is 0 Å². The van der Waals surface area contributed by atoms with Crippen LogP contribution < -0.4 is 15.8 Å². The smallest absolute Gasteiger partial charge is 0.193 e.